The van der Waals surface area contributed by atoms with Crippen molar-refractivity contribution in [1.82, 2.24) is 4.90 Å². The van der Waals surface area contributed by atoms with Crippen molar-refractivity contribution in [2.45, 2.75) is 25.7 Å². The fourth-order valence-electron chi connectivity index (χ4n) is 3.73. The number of fused-ring (bicyclic) bond motifs is 1. The van der Waals surface area contributed by atoms with Gasteiger partial charge in [-0.2, -0.15) is 0 Å². The van der Waals surface area contributed by atoms with Crippen molar-refractivity contribution < 1.29 is 19.8 Å². The van der Waals surface area contributed by atoms with Crippen LogP contribution in [0.5, 0.6) is 5.75 Å². The molecule has 5 nitrogen and oxygen atoms in total. The van der Waals surface area contributed by atoms with Gasteiger partial charge in [-0.05, 0) is 36.5 Å². The van der Waals surface area contributed by atoms with Crippen molar-refractivity contribution in [2.24, 2.45) is 11.3 Å². The van der Waals surface area contributed by atoms with E-state index in [1.807, 2.05) is 0 Å². The molecule has 0 aromatic heterocycles. The van der Waals surface area contributed by atoms with E-state index in [0.717, 1.165) is 18.4 Å². The molecule has 21 heavy (non-hydrogen) atoms. The highest BCUT2D eigenvalue weighted by Gasteiger charge is 2.55. The number of carboxylic acid groups (broad SMARTS) is 1. The second-order valence-electron chi connectivity index (χ2n) is 6.17. The maximum absolute atomic E-state index is 12.4. The molecular formula is C16H19NO4. The average molecular weight is 289 g/mol. The Morgan fingerprint density at radius 3 is 2.62 bits per heavy atom. The van der Waals surface area contributed by atoms with E-state index in [1.165, 1.54) is 0 Å². The van der Waals surface area contributed by atoms with Crippen LogP contribution < -0.4 is 0 Å². The van der Waals surface area contributed by atoms with E-state index in [2.05, 4.69) is 0 Å². The van der Waals surface area contributed by atoms with Gasteiger partial charge in [0.15, 0.2) is 0 Å². The van der Waals surface area contributed by atoms with Gasteiger partial charge in [-0.3, -0.25) is 9.59 Å². The molecule has 0 bridgehead atoms. The van der Waals surface area contributed by atoms with Crippen LogP contribution in [0.4, 0.5) is 0 Å². The van der Waals surface area contributed by atoms with Crippen molar-refractivity contribution in [3.05, 3.63) is 29.8 Å². The molecule has 1 heterocycles. The third kappa shape index (κ3) is 2.37. The first-order valence-corrected chi connectivity index (χ1v) is 7.30. The SMILES string of the molecule is O=C(Cc1ccc(O)cc1)N1C[C@@H]2CCC[C@@]2(C(=O)O)C1. The maximum atomic E-state index is 12.4. The molecule has 1 saturated carbocycles. The Morgan fingerprint density at radius 1 is 1.29 bits per heavy atom. The molecular weight excluding hydrogens is 270 g/mol. The van der Waals surface area contributed by atoms with E-state index in [1.54, 1.807) is 29.2 Å². The van der Waals surface area contributed by atoms with E-state index < -0.39 is 11.4 Å². The highest BCUT2D eigenvalue weighted by molar-refractivity contribution is 5.82. The summed E-state index contributed by atoms with van der Waals surface area (Å²) in [6, 6.07) is 6.55. The third-order valence-corrected chi connectivity index (χ3v) is 4.94. The van der Waals surface area contributed by atoms with Gasteiger partial charge in [0, 0.05) is 13.1 Å². The van der Waals surface area contributed by atoms with E-state index in [0.29, 0.717) is 19.5 Å². The zero-order chi connectivity index (χ0) is 15.0. The molecule has 2 fully saturated rings. The van der Waals surface area contributed by atoms with Gasteiger partial charge < -0.3 is 15.1 Å². The van der Waals surface area contributed by atoms with Crippen molar-refractivity contribution in [1.29, 1.82) is 0 Å². The molecule has 0 spiro atoms. The summed E-state index contributed by atoms with van der Waals surface area (Å²) in [5, 5.41) is 18.8. The Balaban J connectivity index is 1.70. The van der Waals surface area contributed by atoms with Gasteiger partial charge in [-0.25, -0.2) is 0 Å². The summed E-state index contributed by atoms with van der Waals surface area (Å²) in [4.78, 5) is 25.7. The number of phenolic OH excluding ortho intramolecular Hbond substituents is 1. The topological polar surface area (TPSA) is 77.8 Å². The quantitative estimate of drug-likeness (QED) is 0.887. The molecule has 2 N–H and O–H groups in total. The van der Waals surface area contributed by atoms with Gasteiger partial charge in [0.1, 0.15) is 5.75 Å². The van der Waals surface area contributed by atoms with Gasteiger partial charge in [0.05, 0.1) is 11.8 Å². The number of carbonyl (C=O) groups excluding carboxylic acids is 1. The Labute approximate surface area is 123 Å². The minimum absolute atomic E-state index is 0.0317. The number of nitrogens with zero attached hydrogens (tertiary/aromatic N) is 1. The molecule has 1 aliphatic heterocycles. The Hall–Kier alpha value is -2.04. The van der Waals surface area contributed by atoms with E-state index in [9.17, 15) is 19.8 Å². The molecule has 1 aliphatic carbocycles. The molecule has 1 saturated heterocycles. The standard InChI is InChI=1S/C16H19NO4/c18-13-5-3-11(4-6-13)8-14(19)17-9-12-2-1-7-16(12,10-17)15(20)21/h3-6,12,18H,1-2,7-10H2,(H,20,21)/t12-,16+/m0/s1. The van der Waals surface area contributed by atoms with Gasteiger partial charge in [0.2, 0.25) is 5.91 Å². The molecule has 1 aromatic carbocycles. The minimum Gasteiger partial charge on any atom is -0.508 e. The van der Waals surface area contributed by atoms with Crippen molar-refractivity contribution in [3.8, 4) is 5.75 Å². The number of carboxylic acids is 1. The zero-order valence-electron chi connectivity index (χ0n) is 11.8. The lowest BCUT2D eigenvalue weighted by Gasteiger charge is -2.23. The van der Waals surface area contributed by atoms with Gasteiger partial charge in [-0.15, -0.1) is 0 Å². The molecule has 0 unspecified atom stereocenters. The minimum atomic E-state index is -0.759. The van der Waals surface area contributed by atoms with Crippen molar-refractivity contribution >= 4 is 11.9 Å². The number of carbonyl (C=O) groups is 2. The van der Waals surface area contributed by atoms with Crippen LogP contribution in [-0.4, -0.2) is 40.1 Å². The molecule has 3 rings (SSSR count). The van der Waals surface area contributed by atoms with Crippen LogP contribution in [0.25, 0.3) is 0 Å². The normalized spacial score (nSPS) is 27.6. The number of hydrogen-bond donors (Lipinski definition) is 2. The summed E-state index contributed by atoms with van der Waals surface area (Å²) in [5.41, 5.74) is 0.115. The summed E-state index contributed by atoms with van der Waals surface area (Å²) >= 11 is 0. The van der Waals surface area contributed by atoms with E-state index in [4.69, 9.17) is 0 Å². The first-order valence-electron chi connectivity index (χ1n) is 7.30. The third-order valence-electron chi connectivity index (χ3n) is 4.94. The summed E-state index contributed by atoms with van der Waals surface area (Å²) in [7, 11) is 0. The average Bonchev–Trinajstić information content (AvgIpc) is 2.99. The summed E-state index contributed by atoms with van der Waals surface area (Å²) in [5.74, 6) is -0.522. The number of amides is 1. The molecule has 1 amide bonds. The van der Waals surface area contributed by atoms with Crippen LogP contribution in [0.1, 0.15) is 24.8 Å². The first kappa shape index (κ1) is 13.9. The van der Waals surface area contributed by atoms with Crippen LogP contribution in [-0.2, 0) is 16.0 Å². The fourth-order valence-corrected chi connectivity index (χ4v) is 3.73. The summed E-state index contributed by atoms with van der Waals surface area (Å²) in [6.45, 7) is 0.896. The number of aromatic hydroxyl groups is 1. The largest absolute Gasteiger partial charge is 0.508 e. The predicted octanol–water partition coefficient (Wildman–Crippen LogP) is 1.65. The van der Waals surface area contributed by atoms with Crippen molar-refractivity contribution in [3.63, 3.8) is 0 Å². The Bertz CT molecular complexity index is 568. The van der Waals surface area contributed by atoms with Crippen LogP contribution in [0, 0.1) is 11.3 Å². The second kappa shape index (κ2) is 5.06. The second-order valence-corrected chi connectivity index (χ2v) is 6.17. The van der Waals surface area contributed by atoms with E-state index >= 15 is 0 Å². The van der Waals surface area contributed by atoms with Crippen LogP contribution in [0.3, 0.4) is 0 Å². The highest BCUT2D eigenvalue weighted by Crippen LogP contribution is 2.48. The van der Waals surface area contributed by atoms with Gasteiger partial charge >= 0.3 is 5.97 Å². The number of aliphatic carboxylic acids is 1. The number of rotatable bonds is 3. The molecule has 2 aliphatic rings. The maximum Gasteiger partial charge on any atom is 0.311 e. The van der Waals surface area contributed by atoms with Crippen molar-refractivity contribution in [2.75, 3.05) is 13.1 Å². The highest BCUT2D eigenvalue weighted by atomic mass is 16.4. The molecule has 5 heteroatoms. The predicted molar refractivity (Wildman–Crippen MR) is 75.8 cm³/mol. The Morgan fingerprint density at radius 2 is 2.00 bits per heavy atom. The van der Waals surface area contributed by atoms with Gasteiger partial charge in [-0.1, -0.05) is 18.6 Å². The number of hydrogen-bond acceptors (Lipinski definition) is 3. The smallest absolute Gasteiger partial charge is 0.311 e. The fraction of sp³-hybridized carbons (Fsp3) is 0.500. The molecule has 2 atom stereocenters. The number of likely N-dealkylation sites (tertiary alicyclic amines) is 1. The summed E-state index contributed by atoms with van der Waals surface area (Å²) in [6.07, 6.45) is 2.77. The zero-order valence-corrected chi connectivity index (χ0v) is 11.8. The first-order chi connectivity index (χ1) is 10.0. The van der Waals surface area contributed by atoms with Crippen LogP contribution in [0.2, 0.25) is 0 Å². The lowest BCUT2D eigenvalue weighted by Crippen LogP contribution is -2.37. The molecule has 112 valence electrons. The van der Waals surface area contributed by atoms with E-state index in [-0.39, 0.29) is 24.0 Å². The lowest BCUT2D eigenvalue weighted by molar-refractivity contribution is -0.149. The number of benzene rings is 1. The number of phenols is 1. The molecule has 0 radical (unpaired) electrons. The van der Waals surface area contributed by atoms with Crippen LogP contribution >= 0.6 is 0 Å². The van der Waals surface area contributed by atoms with Crippen LogP contribution in [0.15, 0.2) is 24.3 Å². The van der Waals surface area contributed by atoms with Gasteiger partial charge in [0.25, 0.3) is 0 Å². The summed E-state index contributed by atoms with van der Waals surface area (Å²) < 4.78 is 0. The lowest BCUT2D eigenvalue weighted by atomic mass is 9.81. The molecule has 1 aromatic rings. The Kier molecular flexibility index (Phi) is 3.35. The monoisotopic (exact) mass is 289 g/mol.